The van der Waals surface area contributed by atoms with Crippen LogP contribution in [0.5, 0.6) is 0 Å². The second kappa shape index (κ2) is 3.50. The largest absolute Gasteiger partial charge is 0.329 e. The van der Waals surface area contributed by atoms with E-state index < -0.39 is 0 Å². The first-order valence-electron chi connectivity index (χ1n) is 4.53. The first-order chi connectivity index (χ1) is 6.79. The fraction of sp³-hybridized carbons (Fsp3) is 0.0833. The lowest BCUT2D eigenvalue weighted by Gasteiger charge is -2.03. The molecule has 0 fully saturated rings. The van der Waals surface area contributed by atoms with E-state index in [1.54, 1.807) is 6.20 Å². The predicted molar refractivity (Wildman–Crippen MR) is 57.2 cm³/mol. The summed E-state index contributed by atoms with van der Waals surface area (Å²) in [7, 11) is 0. The van der Waals surface area contributed by atoms with Gasteiger partial charge in [-0.3, -0.25) is 4.79 Å². The van der Waals surface area contributed by atoms with Crippen molar-refractivity contribution in [3.63, 3.8) is 0 Å². The van der Waals surface area contributed by atoms with Gasteiger partial charge in [-0.05, 0) is 30.2 Å². The van der Waals surface area contributed by atoms with E-state index in [1.165, 1.54) is 0 Å². The van der Waals surface area contributed by atoms with E-state index in [0.29, 0.717) is 0 Å². The van der Waals surface area contributed by atoms with Crippen molar-refractivity contribution in [2.24, 2.45) is 0 Å². The normalized spacial score (nSPS) is 10.1. The highest BCUT2D eigenvalue weighted by molar-refractivity contribution is 5.65. The zero-order valence-corrected chi connectivity index (χ0v) is 7.95. The third-order valence-corrected chi connectivity index (χ3v) is 2.25. The van der Waals surface area contributed by atoms with Crippen molar-refractivity contribution in [1.82, 2.24) is 4.98 Å². The lowest BCUT2D eigenvalue weighted by molar-refractivity contribution is 1.24. The van der Waals surface area contributed by atoms with Crippen molar-refractivity contribution < 1.29 is 0 Å². The number of aromatic amines is 1. The molecule has 1 aromatic carbocycles. The van der Waals surface area contributed by atoms with E-state index in [-0.39, 0.29) is 5.56 Å². The molecular weight excluding hydrogens is 174 g/mol. The molecule has 1 N–H and O–H groups in total. The van der Waals surface area contributed by atoms with Crippen molar-refractivity contribution in [1.29, 1.82) is 0 Å². The minimum absolute atomic E-state index is 0.0400. The van der Waals surface area contributed by atoms with Crippen molar-refractivity contribution in [3.05, 3.63) is 58.5 Å². The number of pyridine rings is 1. The maximum Gasteiger partial charge on any atom is 0.255 e. The minimum atomic E-state index is -0.0400. The summed E-state index contributed by atoms with van der Waals surface area (Å²) in [5.41, 5.74) is 2.80. The zero-order chi connectivity index (χ0) is 9.97. The molecule has 2 rings (SSSR count). The van der Waals surface area contributed by atoms with Crippen LogP contribution in [0.1, 0.15) is 5.56 Å². The van der Waals surface area contributed by atoms with Crippen LogP contribution in [-0.2, 0) is 0 Å². The van der Waals surface area contributed by atoms with E-state index in [9.17, 15) is 4.79 Å². The fourth-order valence-electron chi connectivity index (χ4n) is 1.51. The van der Waals surface area contributed by atoms with Crippen LogP contribution in [0.2, 0.25) is 0 Å². The fourth-order valence-corrected chi connectivity index (χ4v) is 1.51. The first-order valence-corrected chi connectivity index (χ1v) is 4.53. The Morgan fingerprint density at radius 3 is 2.43 bits per heavy atom. The van der Waals surface area contributed by atoms with Gasteiger partial charge in [-0.25, -0.2) is 0 Å². The van der Waals surface area contributed by atoms with Gasteiger partial charge in [0.15, 0.2) is 0 Å². The third kappa shape index (κ3) is 1.46. The molecule has 14 heavy (non-hydrogen) atoms. The molecule has 2 heteroatoms. The van der Waals surface area contributed by atoms with Gasteiger partial charge in [-0.15, -0.1) is 0 Å². The number of aromatic nitrogens is 1. The molecule has 0 aliphatic heterocycles. The number of H-pyrrole nitrogens is 1. The summed E-state index contributed by atoms with van der Waals surface area (Å²) < 4.78 is 0. The maximum atomic E-state index is 11.5. The molecule has 0 radical (unpaired) electrons. The summed E-state index contributed by atoms with van der Waals surface area (Å²) >= 11 is 0. The number of rotatable bonds is 1. The molecule has 0 unspecified atom stereocenters. The van der Waals surface area contributed by atoms with Gasteiger partial charge >= 0.3 is 0 Å². The molecule has 0 atom stereocenters. The van der Waals surface area contributed by atoms with Crippen LogP contribution in [0.15, 0.2) is 47.4 Å². The molecule has 2 nitrogen and oxygen atoms in total. The Morgan fingerprint density at radius 2 is 1.71 bits per heavy atom. The molecule has 1 aromatic heterocycles. The molecule has 0 amide bonds. The van der Waals surface area contributed by atoms with Gasteiger partial charge in [0, 0.05) is 11.8 Å². The highest BCUT2D eigenvalue weighted by Gasteiger charge is 2.03. The van der Waals surface area contributed by atoms with Crippen LogP contribution in [0.4, 0.5) is 0 Å². The van der Waals surface area contributed by atoms with Crippen LogP contribution < -0.4 is 5.56 Å². The first kappa shape index (κ1) is 8.75. The third-order valence-electron chi connectivity index (χ3n) is 2.25. The second-order valence-corrected chi connectivity index (χ2v) is 3.23. The molecule has 70 valence electrons. The highest BCUT2D eigenvalue weighted by Crippen LogP contribution is 2.18. The molecule has 0 bridgehead atoms. The summed E-state index contributed by atoms with van der Waals surface area (Å²) in [5, 5.41) is 0. The summed E-state index contributed by atoms with van der Waals surface area (Å²) in [6.07, 6.45) is 1.64. The van der Waals surface area contributed by atoms with Crippen LogP contribution in [0.3, 0.4) is 0 Å². The molecule has 0 aliphatic carbocycles. The Kier molecular flexibility index (Phi) is 2.19. The molecule has 0 saturated carbocycles. The maximum absolute atomic E-state index is 11.5. The van der Waals surface area contributed by atoms with Gasteiger partial charge in [0.2, 0.25) is 0 Å². The SMILES string of the molecule is Cc1ccccc1-c1ccc[nH]c1=O. The Balaban J connectivity index is 2.67. The van der Waals surface area contributed by atoms with E-state index in [2.05, 4.69) is 4.98 Å². The van der Waals surface area contributed by atoms with Crippen LogP contribution in [-0.4, -0.2) is 4.98 Å². The molecule has 0 spiro atoms. The Morgan fingerprint density at radius 1 is 1.00 bits per heavy atom. The van der Waals surface area contributed by atoms with Crippen molar-refractivity contribution in [3.8, 4) is 11.1 Å². The average molecular weight is 185 g/mol. The highest BCUT2D eigenvalue weighted by atomic mass is 16.1. The predicted octanol–water partition coefficient (Wildman–Crippen LogP) is 2.35. The topological polar surface area (TPSA) is 32.9 Å². The number of hydrogen-bond acceptors (Lipinski definition) is 1. The molecule has 0 saturated heterocycles. The Hall–Kier alpha value is -1.83. The van der Waals surface area contributed by atoms with Crippen LogP contribution >= 0.6 is 0 Å². The quantitative estimate of drug-likeness (QED) is 0.726. The van der Waals surface area contributed by atoms with Gasteiger partial charge in [0.25, 0.3) is 5.56 Å². The molecule has 0 aliphatic rings. The van der Waals surface area contributed by atoms with E-state index in [1.807, 2.05) is 43.3 Å². The van der Waals surface area contributed by atoms with Crippen molar-refractivity contribution in [2.45, 2.75) is 6.92 Å². The van der Waals surface area contributed by atoms with Gasteiger partial charge in [0.1, 0.15) is 0 Å². The Bertz CT molecular complexity index is 499. The lowest BCUT2D eigenvalue weighted by atomic mass is 10.0. The smallest absolute Gasteiger partial charge is 0.255 e. The lowest BCUT2D eigenvalue weighted by Crippen LogP contribution is -2.07. The zero-order valence-electron chi connectivity index (χ0n) is 7.95. The molecule has 1 heterocycles. The van der Waals surface area contributed by atoms with E-state index >= 15 is 0 Å². The standard InChI is InChI=1S/C12H11NO/c1-9-5-2-3-6-10(9)11-7-4-8-13-12(11)14/h2-8H,1H3,(H,13,14). The number of benzene rings is 1. The molecule has 2 aromatic rings. The van der Waals surface area contributed by atoms with Crippen LogP contribution in [0, 0.1) is 6.92 Å². The molecular formula is C12H11NO. The monoisotopic (exact) mass is 185 g/mol. The van der Waals surface area contributed by atoms with E-state index in [0.717, 1.165) is 16.7 Å². The second-order valence-electron chi connectivity index (χ2n) is 3.23. The van der Waals surface area contributed by atoms with Gasteiger partial charge in [0.05, 0.1) is 0 Å². The van der Waals surface area contributed by atoms with Gasteiger partial charge in [-0.2, -0.15) is 0 Å². The summed E-state index contributed by atoms with van der Waals surface area (Å²) in [4.78, 5) is 14.2. The number of hydrogen-bond donors (Lipinski definition) is 1. The summed E-state index contributed by atoms with van der Waals surface area (Å²) in [6.45, 7) is 2.00. The average Bonchev–Trinajstić information content (AvgIpc) is 2.20. The number of aryl methyl sites for hydroxylation is 1. The van der Waals surface area contributed by atoms with Gasteiger partial charge in [-0.1, -0.05) is 24.3 Å². The number of nitrogens with one attached hydrogen (secondary N) is 1. The van der Waals surface area contributed by atoms with Crippen molar-refractivity contribution in [2.75, 3.05) is 0 Å². The summed E-state index contributed by atoms with van der Waals surface area (Å²) in [5.74, 6) is 0. The van der Waals surface area contributed by atoms with Crippen molar-refractivity contribution >= 4 is 0 Å². The summed E-state index contributed by atoms with van der Waals surface area (Å²) in [6, 6.07) is 11.5. The van der Waals surface area contributed by atoms with E-state index in [4.69, 9.17) is 0 Å². The van der Waals surface area contributed by atoms with Gasteiger partial charge < -0.3 is 4.98 Å². The minimum Gasteiger partial charge on any atom is -0.329 e. The van der Waals surface area contributed by atoms with Crippen LogP contribution in [0.25, 0.3) is 11.1 Å². The Labute approximate surface area is 82.2 Å².